The van der Waals surface area contributed by atoms with Crippen LogP contribution in [0.4, 0.5) is 17.1 Å². The van der Waals surface area contributed by atoms with E-state index in [4.69, 9.17) is 16.3 Å². The SMILES string of the molecule is CC(=O)Nc1ccc(OC(=O)c2ccccc2O)cc1.CN(C)CCCN1c2ccccc2CCc2ccc(Cl)cc21.Cl. The van der Waals surface area contributed by atoms with Crippen LogP contribution in [0.5, 0.6) is 11.5 Å². The number of esters is 1. The van der Waals surface area contributed by atoms with Crippen LogP contribution in [0.15, 0.2) is 91.0 Å². The number of halogens is 2. The number of carbonyl (C=O) groups is 2. The van der Waals surface area contributed by atoms with Gasteiger partial charge in [-0.1, -0.05) is 48.0 Å². The van der Waals surface area contributed by atoms with Gasteiger partial charge in [-0.05, 0) is 106 Å². The Labute approximate surface area is 264 Å². The number of ether oxygens (including phenoxy) is 1. The van der Waals surface area contributed by atoms with E-state index in [2.05, 4.69) is 65.6 Å². The molecule has 4 aromatic carbocycles. The molecule has 0 fully saturated rings. The largest absolute Gasteiger partial charge is 0.507 e. The molecular weight excluding hydrogens is 585 g/mol. The van der Waals surface area contributed by atoms with Crippen LogP contribution in [0.3, 0.4) is 0 Å². The smallest absolute Gasteiger partial charge is 0.347 e. The van der Waals surface area contributed by atoms with E-state index in [1.165, 1.54) is 41.6 Å². The molecule has 2 N–H and O–H groups in total. The van der Waals surface area contributed by atoms with Gasteiger partial charge in [0.1, 0.15) is 17.1 Å². The third kappa shape index (κ3) is 9.48. The van der Waals surface area contributed by atoms with E-state index >= 15 is 0 Å². The number of aromatic hydroxyl groups is 1. The maximum Gasteiger partial charge on any atom is 0.347 e. The highest BCUT2D eigenvalue weighted by molar-refractivity contribution is 6.30. The zero-order chi connectivity index (χ0) is 30.1. The monoisotopic (exact) mass is 621 g/mol. The summed E-state index contributed by atoms with van der Waals surface area (Å²) in [5.41, 5.74) is 6.14. The maximum absolute atomic E-state index is 11.8. The first kappa shape index (κ1) is 33.5. The van der Waals surface area contributed by atoms with Crippen molar-refractivity contribution in [1.82, 2.24) is 4.90 Å². The number of hydrogen-bond donors (Lipinski definition) is 2. The molecule has 9 heteroatoms. The van der Waals surface area contributed by atoms with Crippen molar-refractivity contribution in [2.75, 3.05) is 37.4 Å². The third-order valence-electron chi connectivity index (χ3n) is 6.78. The van der Waals surface area contributed by atoms with Crippen molar-refractivity contribution in [3.8, 4) is 11.5 Å². The molecule has 1 amide bonds. The minimum absolute atomic E-state index is 0. The van der Waals surface area contributed by atoms with Gasteiger partial charge in [-0.2, -0.15) is 0 Å². The van der Waals surface area contributed by atoms with Crippen LogP contribution in [0.2, 0.25) is 5.02 Å². The van der Waals surface area contributed by atoms with Crippen LogP contribution >= 0.6 is 24.0 Å². The molecule has 1 heterocycles. The number of carbonyl (C=O) groups excluding carboxylic acids is 2. The highest BCUT2D eigenvalue weighted by Gasteiger charge is 2.20. The summed E-state index contributed by atoms with van der Waals surface area (Å²) in [6.45, 7) is 3.52. The second kappa shape index (κ2) is 16.0. The fourth-order valence-corrected chi connectivity index (χ4v) is 4.95. The molecule has 43 heavy (non-hydrogen) atoms. The lowest BCUT2D eigenvalue weighted by Crippen LogP contribution is -2.24. The maximum atomic E-state index is 11.8. The van der Waals surface area contributed by atoms with Crippen LogP contribution in [-0.2, 0) is 17.6 Å². The average molecular weight is 623 g/mol. The fraction of sp³-hybridized carbons (Fsp3) is 0.235. The number of anilines is 3. The number of hydrogen-bond acceptors (Lipinski definition) is 6. The predicted octanol–water partition coefficient (Wildman–Crippen LogP) is 7.52. The summed E-state index contributed by atoms with van der Waals surface area (Å²) >= 11 is 6.27. The van der Waals surface area contributed by atoms with Crippen LogP contribution in [0.1, 0.15) is 34.8 Å². The first-order chi connectivity index (χ1) is 20.2. The first-order valence-electron chi connectivity index (χ1n) is 13.9. The van der Waals surface area contributed by atoms with E-state index in [1.807, 2.05) is 6.07 Å². The van der Waals surface area contributed by atoms with Crippen LogP contribution in [0.25, 0.3) is 0 Å². The van der Waals surface area contributed by atoms with E-state index in [1.54, 1.807) is 36.4 Å². The highest BCUT2D eigenvalue weighted by Crippen LogP contribution is 2.37. The Morgan fingerprint density at radius 1 is 0.907 bits per heavy atom. The third-order valence-corrected chi connectivity index (χ3v) is 7.02. The van der Waals surface area contributed by atoms with Gasteiger partial charge in [-0.25, -0.2) is 4.79 Å². The van der Waals surface area contributed by atoms with E-state index in [0.29, 0.717) is 11.4 Å². The second-order valence-electron chi connectivity index (χ2n) is 10.3. The number of phenolic OH excluding ortho intramolecular Hbond substituents is 1. The number of nitrogens with one attached hydrogen (secondary N) is 1. The Hall–Kier alpha value is -4.04. The molecule has 0 aromatic heterocycles. The van der Waals surface area contributed by atoms with Crippen molar-refractivity contribution in [3.63, 3.8) is 0 Å². The molecule has 0 aliphatic carbocycles. The molecule has 0 bridgehead atoms. The zero-order valence-electron chi connectivity index (χ0n) is 24.5. The van der Waals surface area contributed by atoms with Gasteiger partial charge in [0.15, 0.2) is 0 Å². The van der Waals surface area contributed by atoms with Crippen molar-refractivity contribution in [1.29, 1.82) is 0 Å². The molecule has 0 unspecified atom stereocenters. The lowest BCUT2D eigenvalue weighted by molar-refractivity contribution is -0.114. The molecular formula is C34H37Cl2N3O4. The molecule has 7 nitrogen and oxygen atoms in total. The summed E-state index contributed by atoms with van der Waals surface area (Å²) in [5, 5.41) is 13.0. The Bertz CT molecular complexity index is 1530. The molecule has 0 saturated carbocycles. The molecule has 1 aliphatic rings. The summed E-state index contributed by atoms with van der Waals surface area (Å²) in [4.78, 5) is 27.4. The van der Waals surface area contributed by atoms with Gasteiger partial charge in [0.2, 0.25) is 5.91 Å². The quantitative estimate of drug-likeness (QED) is 0.164. The van der Waals surface area contributed by atoms with Gasteiger partial charge in [0, 0.05) is 35.6 Å². The summed E-state index contributed by atoms with van der Waals surface area (Å²) in [6, 6.07) is 27.6. The topological polar surface area (TPSA) is 82.1 Å². The number of amides is 1. The van der Waals surface area contributed by atoms with Gasteiger partial charge in [0.05, 0.1) is 0 Å². The molecule has 0 spiro atoms. The molecule has 0 saturated heterocycles. The van der Waals surface area contributed by atoms with Gasteiger partial charge >= 0.3 is 5.97 Å². The van der Waals surface area contributed by atoms with Crippen LogP contribution in [-0.4, -0.2) is 49.1 Å². The number of rotatable bonds is 7. The van der Waals surface area contributed by atoms with Gasteiger partial charge in [-0.15, -0.1) is 12.4 Å². The fourth-order valence-electron chi connectivity index (χ4n) is 4.79. The first-order valence-corrected chi connectivity index (χ1v) is 14.3. The van der Waals surface area contributed by atoms with Crippen LogP contribution in [0, 0.1) is 0 Å². The van der Waals surface area contributed by atoms with E-state index < -0.39 is 5.97 Å². The second-order valence-corrected chi connectivity index (χ2v) is 10.8. The molecule has 4 aromatic rings. The number of benzene rings is 4. The lowest BCUT2D eigenvalue weighted by Gasteiger charge is -2.27. The Morgan fingerprint density at radius 2 is 1.56 bits per heavy atom. The summed E-state index contributed by atoms with van der Waals surface area (Å²) < 4.78 is 5.13. The predicted molar refractivity (Wildman–Crippen MR) is 177 cm³/mol. The normalized spacial score (nSPS) is 11.6. The van der Waals surface area contributed by atoms with E-state index in [0.717, 1.165) is 37.4 Å². The number of phenols is 1. The van der Waals surface area contributed by atoms with E-state index in [-0.39, 0.29) is 29.6 Å². The summed E-state index contributed by atoms with van der Waals surface area (Å²) in [5.74, 6) is -0.626. The number of para-hydroxylation sites is 2. The highest BCUT2D eigenvalue weighted by atomic mass is 35.5. The van der Waals surface area contributed by atoms with Crippen molar-refractivity contribution < 1.29 is 19.4 Å². The molecule has 0 radical (unpaired) electrons. The van der Waals surface area contributed by atoms with Crippen LogP contribution < -0.4 is 15.0 Å². The molecule has 1 aliphatic heterocycles. The molecule has 0 atom stereocenters. The molecule has 5 rings (SSSR count). The number of fused-ring (bicyclic) bond motifs is 2. The lowest BCUT2D eigenvalue weighted by atomic mass is 10.0. The minimum Gasteiger partial charge on any atom is -0.507 e. The van der Waals surface area contributed by atoms with Gasteiger partial charge < -0.3 is 25.0 Å². The Kier molecular flexibility index (Phi) is 12.4. The van der Waals surface area contributed by atoms with Crippen molar-refractivity contribution >= 4 is 52.9 Å². The standard InChI is InChI=1S/C19H23ClN2.C15H13NO4.ClH/c1-21(2)12-5-13-22-18-7-4-3-6-15(18)8-9-16-10-11-17(20)14-19(16)22;1-10(17)16-11-6-8-12(9-7-11)20-15(19)13-4-2-3-5-14(13)18;/h3-4,6-7,10-11,14H,5,8-9,12-13H2,1-2H3;2-9,18H,1H3,(H,16,17);1H. The van der Waals surface area contributed by atoms with Crippen molar-refractivity contribution in [2.24, 2.45) is 0 Å². The Balaban J connectivity index is 0.000000231. The summed E-state index contributed by atoms with van der Waals surface area (Å²) in [7, 11) is 4.25. The van der Waals surface area contributed by atoms with E-state index in [9.17, 15) is 14.7 Å². The molecule has 226 valence electrons. The van der Waals surface area contributed by atoms with Gasteiger partial charge in [-0.3, -0.25) is 4.79 Å². The van der Waals surface area contributed by atoms with Crippen molar-refractivity contribution in [3.05, 3.63) is 113 Å². The Morgan fingerprint density at radius 3 is 2.23 bits per heavy atom. The average Bonchev–Trinajstić information content (AvgIpc) is 3.11. The number of nitrogens with zero attached hydrogens (tertiary/aromatic N) is 2. The number of aryl methyl sites for hydroxylation is 2. The van der Waals surface area contributed by atoms with Crippen molar-refractivity contribution in [2.45, 2.75) is 26.2 Å². The van der Waals surface area contributed by atoms with Gasteiger partial charge in [0.25, 0.3) is 0 Å². The zero-order valence-corrected chi connectivity index (χ0v) is 26.1. The minimum atomic E-state index is -0.643. The summed E-state index contributed by atoms with van der Waals surface area (Å²) in [6.07, 6.45) is 3.30.